The molecule has 0 N–H and O–H groups in total. The van der Waals surface area contributed by atoms with Gasteiger partial charge in [-0.25, -0.2) is 0 Å². The summed E-state index contributed by atoms with van der Waals surface area (Å²) in [6.07, 6.45) is 0. The van der Waals surface area contributed by atoms with Crippen LogP contribution in [-0.2, 0) is 0 Å². The van der Waals surface area contributed by atoms with Crippen molar-refractivity contribution in [2.24, 2.45) is 0 Å². The number of hydrogen-bond acceptors (Lipinski definition) is 1. The summed E-state index contributed by atoms with van der Waals surface area (Å²) in [6, 6.07) is 16.9. The molecule has 0 aliphatic carbocycles. The largest absolute Gasteiger partial charge is 0.456 e. The zero-order chi connectivity index (χ0) is 11.8. The lowest BCUT2D eigenvalue weighted by Gasteiger charge is -2.30. The topological polar surface area (TPSA) is 9.23 Å². The van der Waals surface area contributed by atoms with Crippen molar-refractivity contribution in [2.45, 2.75) is 19.5 Å². The Balaban J connectivity index is 2.21. The molecule has 0 atom stereocenters. The van der Waals surface area contributed by atoms with Crippen LogP contribution < -0.4 is 15.3 Å². The molecule has 0 spiro atoms. The van der Waals surface area contributed by atoms with Gasteiger partial charge in [-0.2, -0.15) is 0 Å². The molecule has 0 saturated heterocycles. The second-order valence-electron chi connectivity index (χ2n) is 4.50. The van der Waals surface area contributed by atoms with E-state index in [1.165, 1.54) is 10.6 Å². The Morgan fingerprint density at radius 3 is 1.76 bits per heavy atom. The summed E-state index contributed by atoms with van der Waals surface area (Å²) in [7, 11) is -0.287. The first-order chi connectivity index (χ1) is 8.27. The molecule has 2 aromatic rings. The van der Waals surface area contributed by atoms with Crippen molar-refractivity contribution >= 4 is 18.5 Å². The number of para-hydroxylation sites is 2. The van der Waals surface area contributed by atoms with Crippen LogP contribution in [-0.4, -0.2) is 5.66 Å². The van der Waals surface area contributed by atoms with E-state index in [2.05, 4.69) is 50.2 Å². The molecular formula is C15H15OP. The van der Waals surface area contributed by atoms with Gasteiger partial charge in [-0.3, -0.25) is 0 Å². The van der Waals surface area contributed by atoms with Gasteiger partial charge in [0.25, 0.3) is 0 Å². The minimum atomic E-state index is -0.287. The number of fused-ring (bicyclic) bond motifs is 2. The summed E-state index contributed by atoms with van der Waals surface area (Å²) in [5, 5.41) is 2.74. The molecule has 0 saturated carbocycles. The van der Waals surface area contributed by atoms with Gasteiger partial charge in [-0.05, 0) is 25.7 Å². The molecule has 0 radical (unpaired) electrons. The van der Waals surface area contributed by atoms with Crippen LogP contribution in [0.2, 0.25) is 0 Å². The minimum absolute atomic E-state index is 0.287. The lowest BCUT2D eigenvalue weighted by atomic mass is 10.3. The van der Waals surface area contributed by atoms with Crippen molar-refractivity contribution in [3.8, 4) is 11.5 Å². The van der Waals surface area contributed by atoms with E-state index in [4.69, 9.17) is 4.74 Å². The van der Waals surface area contributed by atoms with Gasteiger partial charge in [-0.1, -0.05) is 50.2 Å². The van der Waals surface area contributed by atoms with E-state index >= 15 is 0 Å². The molecule has 2 aromatic carbocycles. The van der Waals surface area contributed by atoms with E-state index in [9.17, 15) is 0 Å². The van der Waals surface area contributed by atoms with E-state index in [1.54, 1.807) is 0 Å². The highest BCUT2D eigenvalue weighted by atomic mass is 31.1. The van der Waals surface area contributed by atoms with Crippen LogP contribution in [0.15, 0.2) is 48.5 Å². The maximum Gasteiger partial charge on any atom is 0.135 e. The Kier molecular flexibility index (Phi) is 2.64. The fourth-order valence-electron chi connectivity index (χ4n) is 2.29. The van der Waals surface area contributed by atoms with Crippen LogP contribution in [0.25, 0.3) is 0 Å². The zero-order valence-corrected chi connectivity index (χ0v) is 10.9. The van der Waals surface area contributed by atoms with Crippen LogP contribution in [0.4, 0.5) is 0 Å². The predicted molar refractivity (Wildman–Crippen MR) is 74.3 cm³/mol. The molecule has 17 heavy (non-hydrogen) atoms. The van der Waals surface area contributed by atoms with Gasteiger partial charge in [0.15, 0.2) is 0 Å². The summed E-state index contributed by atoms with van der Waals surface area (Å²) < 4.78 is 5.97. The third-order valence-electron chi connectivity index (χ3n) is 2.99. The Bertz CT molecular complexity index is 503. The average molecular weight is 242 g/mol. The maximum absolute atomic E-state index is 5.97. The molecule has 1 nitrogen and oxygen atoms in total. The highest BCUT2D eigenvalue weighted by Crippen LogP contribution is 2.48. The molecule has 0 fully saturated rings. The summed E-state index contributed by atoms with van der Waals surface area (Å²) >= 11 is 0. The van der Waals surface area contributed by atoms with Crippen LogP contribution >= 0.6 is 7.92 Å². The predicted octanol–water partition coefficient (Wildman–Crippen LogP) is 3.63. The second kappa shape index (κ2) is 4.16. The smallest absolute Gasteiger partial charge is 0.135 e. The van der Waals surface area contributed by atoms with E-state index in [-0.39, 0.29) is 7.92 Å². The van der Waals surface area contributed by atoms with Gasteiger partial charge < -0.3 is 4.74 Å². The van der Waals surface area contributed by atoms with Gasteiger partial charge in [-0.15, -0.1) is 0 Å². The first-order valence-electron chi connectivity index (χ1n) is 5.92. The van der Waals surface area contributed by atoms with Crippen LogP contribution in [0.3, 0.4) is 0 Å². The lowest BCUT2D eigenvalue weighted by Crippen LogP contribution is -2.24. The summed E-state index contributed by atoms with van der Waals surface area (Å²) in [5.74, 6) is 2.07. The third kappa shape index (κ3) is 1.75. The van der Waals surface area contributed by atoms with Gasteiger partial charge >= 0.3 is 0 Å². The van der Waals surface area contributed by atoms with E-state index in [1.807, 2.05) is 12.1 Å². The summed E-state index contributed by atoms with van der Waals surface area (Å²) in [6.45, 7) is 4.59. The fraction of sp³-hybridized carbons (Fsp3) is 0.200. The molecule has 0 aromatic heterocycles. The van der Waals surface area contributed by atoms with Crippen molar-refractivity contribution in [2.75, 3.05) is 0 Å². The first kappa shape index (κ1) is 10.8. The third-order valence-corrected chi connectivity index (χ3v) is 5.80. The standard InChI is InChI=1S/C15H15OP/c1-11(2)17-14-9-5-3-7-12(14)16-13-8-4-6-10-15(13)17/h3-11H,1-2H3. The van der Waals surface area contributed by atoms with E-state index in [0.29, 0.717) is 5.66 Å². The van der Waals surface area contributed by atoms with Crippen LogP contribution in [0, 0.1) is 0 Å². The molecule has 3 rings (SSSR count). The van der Waals surface area contributed by atoms with Gasteiger partial charge in [0.1, 0.15) is 11.5 Å². The quantitative estimate of drug-likeness (QED) is 0.694. The van der Waals surface area contributed by atoms with E-state index in [0.717, 1.165) is 11.5 Å². The van der Waals surface area contributed by atoms with Gasteiger partial charge in [0.2, 0.25) is 0 Å². The molecule has 86 valence electrons. The molecule has 0 unspecified atom stereocenters. The van der Waals surface area contributed by atoms with Gasteiger partial charge in [0.05, 0.1) is 0 Å². The van der Waals surface area contributed by atoms with Crippen LogP contribution in [0.5, 0.6) is 11.5 Å². The number of rotatable bonds is 1. The SMILES string of the molecule is CC(C)P1c2ccccc2Oc2ccccc21. The van der Waals surface area contributed by atoms with Gasteiger partial charge in [0, 0.05) is 10.6 Å². The molecular weight excluding hydrogens is 227 g/mol. The molecule has 1 aliphatic rings. The fourth-order valence-corrected chi connectivity index (χ4v) is 4.87. The Morgan fingerprint density at radius 2 is 1.29 bits per heavy atom. The lowest BCUT2D eigenvalue weighted by molar-refractivity contribution is 0.488. The minimum Gasteiger partial charge on any atom is -0.456 e. The maximum atomic E-state index is 5.97. The van der Waals surface area contributed by atoms with Crippen molar-refractivity contribution in [1.82, 2.24) is 0 Å². The Hall–Kier alpha value is -1.33. The van der Waals surface area contributed by atoms with Crippen molar-refractivity contribution in [3.05, 3.63) is 48.5 Å². The first-order valence-corrected chi connectivity index (χ1v) is 7.33. The number of hydrogen-bond donors (Lipinski definition) is 0. The molecule has 2 heteroatoms. The second-order valence-corrected chi connectivity index (χ2v) is 7.24. The Morgan fingerprint density at radius 1 is 0.824 bits per heavy atom. The average Bonchev–Trinajstić information content (AvgIpc) is 2.35. The molecule has 1 aliphatic heterocycles. The van der Waals surface area contributed by atoms with Crippen LogP contribution in [0.1, 0.15) is 13.8 Å². The van der Waals surface area contributed by atoms with Crippen molar-refractivity contribution in [1.29, 1.82) is 0 Å². The monoisotopic (exact) mass is 242 g/mol. The zero-order valence-electron chi connectivity index (χ0n) is 10.1. The molecule has 0 bridgehead atoms. The number of ether oxygens (including phenoxy) is 1. The summed E-state index contributed by atoms with van der Waals surface area (Å²) in [4.78, 5) is 0. The normalized spacial score (nSPS) is 14.1. The van der Waals surface area contributed by atoms with Crippen molar-refractivity contribution < 1.29 is 4.74 Å². The van der Waals surface area contributed by atoms with Crippen molar-refractivity contribution in [3.63, 3.8) is 0 Å². The highest BCUT2D eigenvalue weighted by Gasteiger charge is 2.28. The number of benzene rings is 2. The molecule has 1 heterocycles. The highest BCUT2D eigenvalue weighted by molar-refractivity contribution is 7.74. The molecule has 0 amide bonds. The summed E-state index contributed by atoms with van der Waals surface area (Å²) in [5.41, 5.74) is 0.635. The van der Waals surface area contributed by atoms with E-state index < -0.39 is 0 Å². The Labute approximate surface area is 103 Å².